The Hall–Kier alpha value is -4.18. The van der Waals surface area contributed by atoms with Gasteiger partial charge in [-0.05, 0) is 56.9 Å². The normalized spacial score (nSPS) is 34.2. The fourth-order valence-corrected chi connectivity index (χ4v) is 9.63. The molecule has 14 nitrogen and oxygen atoms in total. The number of benzene rings is 2. The van der Waals surface area contributed by atoms with E-state index in [1.54, 1.807) is 71.9 Å². The van der Waals surface area contributed by atoms with Crippen molar-refractivity contribution in [1.29, 1.82) is 0 Å². The molecule has 310 valence electrons. The molecule has 6 rings (SSSR count). The molecule has 14 heteroatoms. The average molecular weight is 794 g/mol. The summed E-state index contributed by atoms with van der Waals surface area (Å²) in [7, 11) is 0. The number of nitrogens with one attached hydrogen (secondary N) is 1. The largest absolute Gasteiger partial charge is 0.456 e. The van der Waals surface area contributed by atoms with Crippen molar-refractivity contribution in [2.75, 3.05) is 6.61 Å². The zero-order valence-electron chi connectivity index (χ0n) is 33.7. The number of ketones is 1. The van der Waals surface area contributed by atoms with Gasteiger partial charge in [-0.3, -0.25) is 9.59 Å². The van der Waals surface area contributed by atoms with E-state index in [4.69, 9.17) is 23.7 Å². The Bertz CT molecular complexity index is 1890. The Morgan fingerprint density at radius 2 is 1.61 bits per heavy atom. The molecule has 2 bridgehead atoms. The van der Waals surface area contributed by atoms with Crippen molar-refractivity contribution in [2.45, 2.75) is 134 Å². The smallest absolute Gasteiger partial charge is 0.408 e. The van der Waals surface area contributed by atoms with Crippen LogP contribution in [0.3, 0.4) is 0 Å². The van der Waals surface area contributed by atoms with E-state index in [2.05, 4.69) is 5.32 Å². The van der Waals surface area contributed by atoms with E-state index in [9.17, 15) is 39.6 Å². The maximum Gasteiger partial charge on any atom is 0.408 e. The Labute approximate surface area is 332 Å². The Morgan fingerprint density at radius 3 is 2.18 bits per heavy atom. The molecule has 2 aromatic carbocycles. The lowest BCUT2D eigenvalue weighted by Crippen LogP contribution is -2.81. The summed E-state index contributed by atoms with van der Waals surface area (Å²) < 4.78 is 30.1. The first-order chi connectivity index (χ1) is 26.6. The highest BCUT2D eigenvalue weighted by atomic mass is 16.6. The lowest BCUT2D eigenvalue weighted by Gasteiger charge is -2.67. The van der Waals surface area contributed by atoms with E-state index in [0.29, 0.717) is 11.1 Å². The van der Waals surface area contributed by atoms with Crippen LogP contribution in [0.15, 0.2) is 71.8 Å². The summed E-state index contributed by atoms with van der Waals surface area (Å²) in [4.78, 5) is 54.8. The van der Waals surface area contributed by atoms with Crippen molar-refractivity contribution in [2.24, 2.45) is 16.7 Å². The number of fused-ring (bicyclic) bond motifs is 5. The summed E-state index contributed by atoms with van der Waals surface area (Å²) in [5.41, 5.74) is -6.50. The van der Waals surface area contributed by atoms with E-state index >= 15 is 0 Å². The monoisotopic (exact) mass is 793 g/mol. The van der Waals surface area contributed by atoms with Crippen molar-refractivity contribution in [1.82, 2.24) is 5.32 Å². The molecule has 1 saturated heterocycles. The zero-order valence-corrected chi connectivity index (χ0v) is 33.7. The fourth-order valence-electron chi connectivity index (χ4n) is 9.63. The van der Waals surface area contributed by atoms with Gasteiger partial charge >= 0.3 is 18.0 Å². The summed E-state index contributed by atoms with van der Waals surface area (Å²) in [5.74, 6) is -3.94. The average Bonchev–Trinajstić information content (AvgIpc) is 3.13. The van der Waals surface area contributed by atoms with Crippen LogP contribution in [0.2, 0.25) is 0 Å². The van der Waals surface area contributed by atoms with Crippen LogP contribution in [0.1, 0.15) is 85.4 Å². The highest BCUT2D eigenvalue weighted by Gasteiger charge is 2.77. The summed E-state index contributed by atoms with van der Waals surface area (Å²) in [6, 6.07) is 16.0. The van der Waals surface area contributed by atoms with Crippen molar-refractivity contribution >= 4 is 23.8 Å². The Morgan fingerprint density at radius 1 is 1.00 bits per heavy atom. The van der Waals surface area contributed by atoms with Crippen LogP contribution in [0.25, 0.3) is 0 Å². The summed E-state index contributed by atoms with van der Waals surface area (Å²) in [5, 5.41) is 51.7. The SMILES string of the molecule is CC(=O)O[C@@]12CO[C@@H]1C[C@@H](O)[C@@]1(C)C(=O)[C@H](O)C3=C(C)[C@@H](OC(=O)[C@H](O)[C@@H](NC(=O)OC(C)(C)C)c4ccccc4)C[C@@](O)(C(OCc4ccccc4)C12)C3(C)C. The third-order valence-electron chi connectivity index (χ3n) is 12.6. The molecule has 1 aliphatic heterocycles. The first-order valence-corrected chi connectivity index (χ1v) is 19.3. The minimum absolute atomic E-state index is 0.0498. The van der Waals surface area contributed by atoms with Gasteiger partial charge in [0.2, 0.25) is 0 Å². The molecule has 57 heavy (non-hydrogen) atoms. The van der Waals surface area contributed by atoms with Crippen LogP contribution >= 0.6 is 0 Å². The highest BCUT2D eigenvalue weighted by molar-refractivity contribution is 5.93. The number of aliphatic hydroxyl groups excluding tert-OH is 3. The summed E-state index contributed by atoms with van der Waals surface area (Å²) in [6.45, 7) is 12.3. The van der Waals surface area contributed by atoms with Crippen molar-refractivity contribution in [3.8, 4) is 0 Å². The minimum Gasteiger partial charge on any atom is -0.456 e. The van der Waals surface area contributed by atoms with Crippen molar-refractivity contribution in [3.05, 3.63) is 82.9 Å². The molecule has 2 aromatic rings. The number of amides is 1. The van der Waals surface area contributed by atoms with E-state index < -0.39 is 100 Å². The highest BCUT2D eigenvalue weighted by Crippen LogP contribution is 2.64. The first-order valence-electron chi connectivity index (χ1n) is 19.3. The quantitative estimate of drug-likeness (QED) is 0.140. The van der Waals surface area contributed by atoms with Crippen LogP contribution in [-0.2, 0) is 44.7 Å². The number of alkyl carbamates (subject to hydrolysis) is 1. The topological polar surface area (TPSA) is 207 Å². The van der Waals surface area contributed by atoms with Crippen molar-refractivity contribution in [3.63, 3.8) is 0 Å². The molecule has 0 radical (unpaired) electrons. The van der Waals surface area contributed by atoms with Gasteiger partial charge in [0.1, 0.15) is 29.5 Å². The molecular formula is C43H55NO13. The van der Waals surface area contributed by atoms with Gasteiger partial charge in [-0.25, -0.2) is 9.59 Å². The number of rotatable bonds is 9. The molecule has 5 N–H and O–H groups in total. The second-order valence-electron chi connectivity index (χ2n) is 17.6. The minimum atomic E-state index is -2.11. The van der Waals surface area contributed by atoms with Crippen LogP contribution in [-0.4, -0.2) is 104 Å². The number of hydrogen-bond donors (Lipinski definition) is 5. The van der Waals surface area contributed by atoms with E-state index in [1.807, 2.05) is 30.3 Å². The van der Waals surface area contributed by atoms with Gasteiger partial charge in [0.25, 0.3) is 0 Å². The number of carbonyl (C=O) groups is 4. The van der Waals surface area contributed by atoms with Gasteiger partial charge in [-0.1, -0.05) is 74.5 Å². The predicted molar refractivity (Wildman–Crippen MR) is 203 cm³/mol. The predicted octanol–water partition coefficient (Wildman–Crippen LogP) is 3.62. The van der Waals surface area contributed by atoms with Gasteiger partial charge in [0.05, 0.1) is 36.9 Å². The van der Waals surface area contributed by atoms with Gasteiger partial charge < -0.3 is 49.4 Å². The zero-order chi connectivity index (χ0) is 41.9. The number of esters is 2. The number of carbonyl (C=O) groups excluding carboxylic acids is 4. The molecule has 1 heterocycles. The summed E-state index contributed by atoms with van der Waals surface area (Å²) in [6.07, 6.45) is -10.3. The number of hydrogen-bond acceptors (Lipinski definition) is 13. The van der Waals surface area contributed by atoms with Gasteiger partial charge in [-0.2, -0.15) is 0 Å². The molecule has 11 atom stereocenters. The fraction of sp³-hybridized carbons (Fsp3) is 0.581. The molecule has 3 fully saturated rings. The van der Waals surface area contributed by atoms with Gasteiger partial charge in [-0.15, -0.1) is 0 Å². The van der Waals surface area contributed by atoms with Crippen LogP contribution in [0, 0.1) is 16.7 Å². The van der Waals surface area contributed by atoms with Crippen molar-refractivity contribution < 1.29 is 63.3 Å². The van der Waals surface area contributed by atoms with Gasteiger partial charge in [0.15, 0.2) is 17.5 Å². The number of ether oxygens (including phenoxy) is 5. The second-order valence-corrected chi connectivity index (χ2v) is 17.6. The van der Waals surface area contributed by atoms with E-state index in [-0.39, 0.29) is 37.2 Å². The lowest BCUT2D eigenvalue weighted by atomic mass is 9.44. The van der Waals surface area contributed by atoms with E-state index in [0.717, 1.165) is 0 Å². The standard InChI is InChI=1S/C43H55NO13/c1-23-27(55-37(50)33(48)31(26-17-13-10-14-18-26)44-38(51)57-39(3,4)5)20-43(52)36(53-21-25-15-11-9-12-16-25)34-41(8,35(49)32(47)30(23)40(43,6)7)28(46)19-29-42(34,22-54-29)56-24(2)45/h9-18,27-29,31-34,36,46-48,52H,19-22H2,1-8H3,(H,44,51)/t27-,28+,29+,31-,32+,33+,34?,36?,41+,42-,43+/m0/s1. The maximum atomic E-state index is 14.9. The maximum absolute atomic E-state index is 14.9. The number of aliphatic hydroxyl groups is 4. The molecule has 0 spiro atoms. The molecule has 2 unspecified atom stereocenters. The Kier molecular flexibility index (Phi) is 11.3. The lowest BCUT2D eigenvalue weighted by molar-refractivity contribution is -0.351. The van der Waals surface area contributed by atoms with Crippen LogP contribution < -0.4 is 5.32 Å². The molecule has 1 amide bonds. The molecular weight excluding hydrogens is 738 g/mol. The Balaban J connectivity index is 1.46. The summed E-state index contributed by atoms with van der Waals surface area (Å²) >= 11 is 0. The molecule has 0 aromatic heterocycles. The molecule has 2 saturated carbocycles. The molecule has 3 aliphatic carbocycles. The second kappa shape index (κ2) is 15.2. The molecule has 4 aliphatic rings. The van der Waals surface area contributed by atoms with Crippen LogP contribution in [0.4, 0.5) is 4.79 Å². The van der Waals surface area contributed by atoms with Gasteiger partial charge in [0, 0.05) is 31.1 Å². The third-order valence-corrected chi connectivity index (χ3v) is 12.6. The first kappa shape index (κ1) is 42.4. The third kappa shape index (κ3) is 7.29. The van der Waals surface area contributed by atoms with Crippen LogP contribution in [0.5, 0.6) is 0 Å². The number of Topliss-reactive ketones (excluding diaryl/α,β-unsaturated/α-hetero) is 1. The van der Waals surface area contributed by atoms with E-state index in [1.165, 1.54) is 13.8 Å².